The normalized spacial score (nSPS) is 36.0. The van der Waals surface area contributed by atoms with Gasteiger partial charge < -0.3 is 4.74 Å². The van der Waals surface area contributed by atoms with Gasteiger partial charge in [0, 0.05) is 19.2 Å². The molecule has 0 aliphatic carbocycles. The van der Waals surface area contributed by atoms with E-state index in [1.165, 1.54) is 4.90 Å². The van der Waals surface area contributed by atoms with Crippen LogP contribution in [-0.2, 0) is 26.7 Å². The molecule has 5 heteroatoms. The summed E-state index contributed by atoms with van der Waals surface area (Å²) in [6.45, 7) is 1.06. The summed E-state index contributed by atoms with van der Waals surface area (Å²) in [7, 11) is 3.50. The van der Waals surface area contributed by atoms with E-state index in [4.69, 9.17) is 4.74 Å². The van der Waals surface area contributed by atoms with Gasteiger partial charge in [-0.25, -0.2) is 0 Å². The lowest BCUT2D eigenvalue weighted by atomic mass is 9.85. The minimum absolute atomic E-state index is 0.0864. The molecule has 0 aromatic heterocycles. The van der Waals surface area contributed by atoms with E-state index >= 15 is 0 Å². The number of ether oxygens (including phenoxy) is 1. The minimum atomic E-state index is -0.765. The van der Waals surface area contributed by atoms with Crippen LogP contribution in [0.2, 0.25) is 0 Å². The number of amides is 2. The van der Waals surface area contributed by atoms with Crippen LogP contribution in [0.15, 0.2) is 24.3 Å². The number of nitrogens with zero attached hydrogens (tertiary/aromatic N) is 2. The lowest BCUT2D eigenvalue weighted by Gasteiger charge is -2.35. The molecule has 20 heavy (non-hydrogen) atoms. The Hall–Kier alpha value is -1.72. The van der Waals surface area contributed by atoms with Crippen LogP contribution in [0, 0.1) is 11.8 Å². The van der Waals surface area contributed by atoms with Gasteiger partial charge in [-0.05, 0) is 12.6 Å². The Morgan fingerprint density at radius 2 is 1.95 bits per heavy atom. The van der Waals surface area contributed by atoms with Gasteiger partial charge in [0.05, 0.1) is 18.4 Å². The van der Waals surface area contributed by atoms with Crippen molar-refractivity contribution in [3.63, 3.8) is 0 Å². The molecule has 0 radical (unpaired) electrons. The first-order valence-electron chi connectivity index (χ1n) is 6.82. The van der Waals surface area contributed by atoms with E-state index in [-0.39, 0.29) is 17.7 Å². The molecule has 4 rings (SSSR count). The molecule has 2 unspecified atom stereocenters. The number of imide groups is 1. The topological polar surface area (TPSA) is 49.9 Å². The van der Waals surface area contributed by atoms with E-state index in [2.05, 4.69) is 0 Å². The van der Waals surface area contributed by atoms with Crippen LogP contribution in [0.25, 0.3) is 0 Å². The maximum Gasteiger partial charge on any atom is 0.237 e. The average Bonchev–Trinajstić information content (AvgIpc) is 3.04. The van der Waals surface area contributed by atoms with E-state index in [0.29, 0.717) is 13.2 Å². The molecule has 3 aliphatic heterocycles. The first kappa shape index (κ1) is 12.1. The quantitative estimate of drug-likeness (QED) is 0.647. The van der Waals surface area contributed by atoms with E-state index in [9.17, 15) is 9.59 Å². The highest BCUT2D eigenvalue weighted by Gasteiger charge is 2.66. The second-order valence-corrected chi connectivity index (χ2v) is 5.84. The van der Waals surface area contributed by atoms with E-state index in [0.717, 1.165) is 11.1 Å². The predicted octanol–water partition coefficient (Wildman–Crippen LogP) is 0.546. The minimum Gasteiger partial charge on any atom is -0.351 e. The molecular formula is C15H16N2O3. The van der Waals surface area contributed by atoms with Gasteiger partial charge in [-0.3, -0.25) is 19.4 Å². The third-order valence-electron chi connectivity index (χ3n) is 4.96. The van der Waals surface area contributed by atoms with Crippen LogP contribution in [0.1, 0.15) is 11.1 Å². The summed E-state index contributed by atoms with van der Waals surface area (Å²) < 4.78 is 6.09. The molecule has 3 atom stereocenters. The van der Waals surface area contributed by atoms with Crippen molar-refractivity contribution in [1.29, 1.82) is 0 Å². The molecule has 5 nitrogen and oxygen atoms in total. The Balaban J connectivity index is 1.91. The maximum absolute atomic E-state index is 12.5. The SMILES string of the molecule is CN1C(=O)C2CN(C)[C@]3(OCc4ccccc43)C2C1=O. The van der Waals surface area contributed by atoms with Crippen molar-refractivity contribution in [2.75, 3.05) is 20.6 Å². The Morgan fingerprint density at radius 1 is 1.20 bits per heavy atom. The third kappa shape index (κ3) is 1.16. The molecule has 2 amide bonds. The molecule has 3 aliphatic rings. The highest BCUT2D eigenvalue weighted by molar-refractivity contribution is 6.06. The number of rotatable bonds is 0. The predicted molar refractivity (Wildman–Crippen MR) is 70.3 cm³/mol. The number of carbonyl (C=O) groups excluding carboxylic acids is 2. The van der Waals surface area contributed by atoms with Crippen molar-refractivity contribution in [2.24, 2.45) is 11.8 Å². The van der Waals surface area contributed by atoms with Crippen LogP contribution < -0.4 is 0 Å². The number of carbonyl (C=O) groups is 2. The van der Waals surface area contributed by atoms with Gasteiger partial charge in [-0.2, -0.15) is 0 Å². The summed E-state index contributed by atoms with van der Waals surface area (Å²) in [5, 5.41) is 0. The summed E-state index contributed by atoms with van der Waals surface area (Å²) in [6, 6.07) is 7.97. The molecule has 2 saturated heterocycles. The van der Waals surface area contributed by atoms with Crippen LogP contribution in [0.3, 0.4) is 0 Å². The molecule has 0 N–H and O–H groups in total. The van der Waals surface area contributed by atoms with Gasteiger partial charge in [-0.1, -0.05) is 24.3 Å². The Labute approximate surface area is 117 Å². The van der Waals surface area contributed by atoms with Gasteiger partial charge in [-0.15, -0.1) is 0 Å². The lowest BCUT2D eigenvalue weighted by Crippen LogP contribution is -2.47. The van der Waals surface area contributed by atoms with Crippen molar-refractivity contribution in [2.45, 2.75) is 12.3 Å². The largest absolute Gasteiger partial charge is 0.351 e. The summed E-state index contributed by atoms with van der Waals surface area (Å²) in [5.74, 6) is -0.921. The molecule has 1 spiro atoms. The fourth-order valence-corrected chi connectivity index (χ4v) is 4.01. The maximum atomic E-state index is 12.5. The Bertz CT molecular complexity index is 629. The Kier molecular flexibility index (Phi) is 2.22. The lowest BCUT2D eigenvalue weighted by molar-refractivity contribution is -0.167. The van der Waals surface area contributed by atoms with Crippen molar-refractivity contribution in [3.8, 4) is 0 Å². The van der Waals surface area contributed by atoms with Gasteiger partial charge >= 0.3 is 0 Å². The number of benzene rings is 1. The molecule has 0 bridgehead atoms. The van der Waals surface area contributed by atoms with Gasteiger partial charge in [0.1, 0.15) is 0 Å². The average molecular weight is 272 g/mol. The molecule has 104 valence electrons. The van der Waals surface area contributed by atoms with Gasteiger partial charge in [0.25, 0.3) is 0 Å². The van der Waals surface area contributed by atoms with Gasteiger partial charge in [0.2, 0.25) is 11.8 Å². The van der Waals surface area contributed by atoms with E-state index < -0.39 is 11.6 Å². The highest BCUT2D eigenvalue weighted by atomic mass is 16.5. The molecule has 0 saturated carbocycles. The molecule has 1 aromatic carbocycles. The van der Waals surface area contributed by atoms with E-state index in [1.807, 2.05) is 36.2 Å². The summed E-state index contributed by atoms with van der Waals surface area (Å²) >= 11 is 0. The van der Waals surface area contributed by atoms with Crippen LogP contribution in [-0.4, -0.2) is 42.3 Å². The molecule has 1 aromatic rings. The number of fused-ring (bicyclic) bond motifs is 4. The van der Waals surface area contributed by atoms with Crippen LogP contribution in [0.4, 0.5) is 0 Å². The monoisotopic (exact) mass is 272 g/mol. The molecule has 2 fully saturated rings. The van der Waals surface area contributed by atoms with Crippen molar-refractivity contribution >= 4 is 11.8 Å². The highest BCUT2D eigenvalue weighted by Crippen LogP contribution is 2.54. The first-order chi connectivity index (χ1) is 9.57. The second kappa shape index (κ2) is 3.68. The van der Waals surface area contributed by atoms with Crippen LogP contribution in [0.5, 0.6) is 0 Å². The van der Waals surface area contributed by atoms with Crippen molar-refractivity contribution < 1.29 is 14.3 Å². The van der Waals surface area contributed by atoms with Gasteiger partial charge in [0.15, 0.2) is 5.72 Å². The standard InChI is InChI=1S/C15H16N2O3/c1-16-7-10-12(14(19)17(2)13(10)18)15(16)11-6-4-3-5-9(11)8-20-15/h3-6,10,12H,7-8H2,1-2H3/t10?,12?,15-/m1/s1. The number of hydrogen-bond donors (Lipinski definition) is 0. The third-order valence-corrected chi connectivity index (χ3v) is 4.96. The fourth-order valence-electron chi connectivity index (χ4n) is 4.01. The van der Waals surface area contributed by atoms with E-state index in [1.54, 1.807) is 7.05 Å². The summed E-state index contributed by atoms with van der Waals surface area (Å²) in [4.78, 5) is 28.0. The first-order valence-corrected chi connectivity index (χ1v) is 6.82. The van der Waals surface area contributed by atoms with Crippen LogP contribution >= 0.6 is 0 Å². The zero-order valence-electron chi connectivity index (χ0n) is 11.5. The molecule has 3 heterocycles. The number of hydrogen-bond acceptors (Lipinski definition) is 4. The second-order valence-electron chi connectivity index (χ2n) is 5.84. The smallest absolute Gasteiger partial charge is 0.237 e. The molecular weight excluding hydrogens is 256 g/mol. The zero-order valence-corrected chi connectivity index (χ0v) is 11.5. The fraction of sp³-hybridized carbons (Fsp3) is 0.467. The summed E-state index contributed by atoms with van der Waals surface area (Å²) in [6.07, 6.45) is 0. The van der Waals surface area contributed by atoms with Crippen molar-refractivity contribution in [1.82, 2.24) is 9.80 Å². The zero-order chi connectivity index (χ0) is 14.1. The number of likely N-dealkylation sites (tertiary alicyclic amines) is 2. The van der Waals surface area contributed by atoms with Crippen molar-refractivity contribution in [3.05, 3.63) is 35.4 Å². The summed E-state index contributed by atoms with van der Waals surface area (Å²) in [5.41, 5.74) is 1.37. The Morgan fingerprint density at radius 3 is 2.75 bits per heavy atom.